The zero-order chi connectivity index (χ0) is 8.58. The Morgan fingerprint density at radius 2 is 1.80 bits per heavy atom. The zero-order valence-electron chi connectivity index (χ0n) is 4.89. The Balaban J connectivity index is 4.59. The second kappa shape index (κ2) is 3.36. The summed E-state index contributed by atoms with van der Waals surface area (Å²) in [6, 6.07) is 0. The first kappa shape index (κ1) is 11.3. The van der Waals surface area contributed by atoms with Gasteiger partial charge in [0.25, 0.3) is 10.2 Å². The summed E-state index contributed by atoms with van der Waals surface area (Å²) in [6.45, 7) is -3.57. The van der Waals surface area contributed by atoms with Gasteiger partial charge in [-0.1, -0.05) is 34.8 Å². The molecule has 0 aliphatic rings. The highest BCUT2D eigenvalue weighted by Gasteiger charge is 2.45. The van der Waals surface area contributed by atoms with Crippen molar-refractivity contribution in [1.82, 2.24) is 4.78 Å². The smallest absolute Gasteiger partial charge is 0.283 e. The fraction of sp³-hybridized carbons (Fsp3) is 1.00. The van der Waals surface area contributed by atoms with Gasteiger partial charge in [0.15, 0.2) is 0 Å². The Labute approximate surface area is 78.5 Å². The molecule has 10 heavy (non-hydrogen) atoms. The molecule has 2 N–H and O–H groups in total. The standard InChI is InChI=1S/C2H5Cl4N2OP/c1-8(7)10(6,9)2(3,4)5/h7H2,1H3. The maximum absolute atomic E-state index is 11.1. The first-order valence-corrected chi connectivity index (χ1v) is 5.75. The Morgan fingerprint density at radius 1 is 1.50 bits per heavy atom. The van der Waals surface area contributed by atoms with Crippen LogP contribution in [0.4, 0.5) is 0 Å². The molecule has 8 heteroatoms. The fourth-order valence-corrected chi connectivity index (χ4v) is 1.61. The molecule has 0 aliphatic heterocycles. The number of hydrogen-bond acceptors (Lipinski definition) is 2. The lowest BCUT2D eigenvalue weighted by atomic mass is 11.5. The lowest BCUT2D eigenvalue weighted by Gasteiger charge is -2.23. The average molecular weight is 246 g/mol. The van der Waals surface area contributed by atoms with Gasteiger partial charge in [-0.2, -0.15) is 4.78 Å². The summed E-state index contributed by atoms with van der Waals surface area (Å²) in [6.07, 6.45) is 0. The Kier molecular flexibility index (Phi) is 3.80. The minimum atomic E-state index is -3.57. The van der Waals surface area contributed by atoms with Gasteiger partial charge in [0, 0.05) is 7.05 Å². The summed E-state index contributed by atoms with van der Waals surface area (Å²) in [4.78, 5) is 0. The molecule has 0 aromatic rings. The molecule has 0 saturated carbocycles. The molecule has 0 amide bonds. The number of nitrogens with two attached hydrogens (primary N) is 1. The summed E-state index contributed by atoms with van der Waals surface area (Å²) in [5.74, 6) is 5.04. The lowest BCUT2D eigenvalue weighted by Crippen LogP contribution is -2.25. The van der Waals surface area contributed by atoms with Gasteiger partial charge in [0.1, 0.15) is 0 Å². The third kappa shape index (κ3) is 2.42. The van der Waals surface area contributed by atoms with Crippen LogP contribution in [0.2, 0.25) is 0 Å². The average Bonchev–Trinajstić information content (AvgIpc) is 1.62. The van der Waals surface area contributed by atoms with E-state index in [-0.39, 0.29) is 0 Å². The number of alkyl halides is 3. The first-order valence-electron chi connectivity index (χ1n) is 2.05. The largest absolute Gasteiger partial charge is 0.297 e. The first-order chi connectivity index (χ1) is 4.19. The highest BCUT2D eigenvalue weighted by atomic mass is 35.7. The number of rotatable bonds is 1. The van der Waals surface area contributed by atoms with Gasteiger partial charge in [0.2, 0.25) is 0 Å². The third-order valence-corrected chi connectivity index (χ3v) is 6.47. The molecule has 0 fully saturated rings. The molecule has 0 bridgehead atoms. The van der Waals surface area contributed by atoms with E-state index < -0.39 is 10.2 Å². The molecule has 0 aromatic heterocycles. The van der Waals surface area contributed by atoms with Crippen LogP contribution in [0.5, 0.6) is 0 Å². The third-order valence-electron chi connectivity index (χ3n) is 0.718. The van der Waals surface area contributed by atoms with Crippen molar-refractivity contribution >= 4 is 52.7 Å². The van der Waals surface area contributed by atoms with Gasteiger partial charge >= 0.3 is 0 Å². The Hall–Kier alpha value is 1.31. The van der Waals surface area contributed by atoms with Gasteiger partial charge in [-0.05, 0) is 11.2 Å². The zero-order valence-corrected chi connectivity index (χ0v) is 8.81. The molecule has 0 rings (SSSR count). The van der Waals surface area contributed by atoms with E-state index in [1.807, 2.05) is 0 Å². The van der Waals surface area contributed by atoms with Crippen molar-refractivity contribution in [1.29, 1.82) is 0 Å². The van der Waals surface area contributed by atoms with Gasteiger partial charge in [-0.15, -0.1) is 0 Å². The number of hydrogen-bond donors (Lipinski definition) is 1. The van der Waals surface area contributed by atoms with Crippen molar-refractivity contribution in [3.8, 4) is 0 Å². The summed E-state index contributed by atoms with van der Waals surface area (Å²) in [5, 5.41) is 0. The van der Waals surface area contributed by atoms with Crippen molar-refractivity contribution in [3.63, 3.8) is 0 Å². The van der Waals surface area contributed by atoms with Gasteiger partial charge in [-0.25, -0.2) is 0 Å². The highest BCUT2D eigenvalue weighted by molar-refractivity contribution is 7.92. The van der Waals surface area contributed by atoms with Crippen LogP contribution in [0.15, 0.2) is 0 Å². The lowest BCUT2D eigenvalue weighted by molar-refractivity contribution is 0.497. The predicted molar refractivity (Wildman–Crippen MR) is 45.7 cm³/mol. The van der Waals surface area contributed by atoms with Crippen molar-refractivity contribution < 1.29 is 4.57 Å². The molecule has 3 nitrogen and oxygen atoms in total. The molecule has 0 aliphatic carbocycles. The van der Waals surface area contributed by atoms with Crippen molar-refractivity contribution in [2.75, 3.05) is 7.05 Å². The topological polar surface area (TPSA) is 46.3 Å². The van der Waals surface area contributed by atoms with Crippen molar-refractivity contribution in [2.24, 2.45) is 5.84 Å². The van der Waals surface area contributed by atoms with Gasteiger partial charge in [0.05, 0.1) is 0 Å². The van der Waals surface area contributed by atoms with Gasteiger partial charge < -0.3 is 0 Å². The predicted octanol–water partition coefficient (Wildman–Crippen LogP) is 2.55. The second-order valence-electron chi connectivity index (χ2n) is 1.54. The molecule has 62 valence electrons. The van der Waals surface area contributed by atoms with Crippen molar-refractivity contribution in [3.05, 3.63) is 0 Å². The highest BCUT2D eigenvalue weighted by Crippen LogP contribution is 2.69. The van der Waals surface area contributed by atoms with E-state index in [0.29, 0.717) is 4.78 Å². The van der Waals surface area contributed by atoms with Crippen molar-refractivity contribution in [2.45, 2.75) is 3.53 Å². The van der Waals surface area contributed by atoms with E-state index in [0.717, 1.165) is 0 Å². The molecular weight excluding hydrogens is 241 g/mol. The van der Waals surface area contributed by atoms with Crippen LogP contribution in [-0.4, -0.2) is 15.4 Å². The normalized spacial score (nSPS) is 19.1. The molecule has 1 unspecified atom stereocenters. The monoisotopic (exact) mass is 244 g/mol. The van der Waals surface area contributed by atoms with Crippen LogP contribution in [0.25, 0.3) is 0 Å². The number of nitrogens with zero attached hydrogens (tertiary/aromatic N) is 1. The van der Waals surface area contributed by atoms with E-state index >= 15 is 0 Å². The summed E-state index contributed by atoms with van der Waals surface area (Å²) in [7, 11) is 1.26. The van der Waals surface area contributed by atoms with E-state index in [4.69, 9.17) is 51.9 Å². The summed E-state index contributed by atoms with van der Waals surface area (Å²) < 4.78 is 9.76. The second-order valence-corrected chi connectivity index (χ2v) is 8.30. The summed E-state index contributed by atoms with van der Waals surface area (Å²) >= 11 is 21.0. The molecule has 0 aromatic carbocycles. The maximum atomic E-state index is 11.1. The van der Waals surface area contributed by atoms with Crippen LogP contribution in [0, 0.1) is 0 Å². The fourth-order valence-electron chi connectivity index (χ4n) is 0.179. The molecular formula is C2H5Cl4N2OP. The molecule has 1 atom stereocenters. The number of halogens is 4. The Morgan fingerprint density at radius 3 is 1.80 bits per heavy atom. The molecule has 0 radical (unpaired) electrons. The van der Waals surface area contributed by atoms with Crippen LogP contribution >= 0.6 is 52.7 Å². The minimum Gasteiger partial charge on any atom is -0.283 e. The SMILES string of the molecule is CN(N)P(=O)(Cl)C(Cl)(Cl)Cl. The molecule has 0 heterocycles. The van der Waals surface area contributed by atoms with E-state index in [9.17, 15) is 4.57 Å². The quantitative estimate of drug-likeness (QED) is 0.334. The minimum absolute atomic E-state index is 0.696. The maximum Gasteiger partial charge on any atom is 0.297 e. The Bertz CT molecular complexity index is 165. The van der Waals surface area contributed by atoms with Gasteiger partial charge in [-0.3, -0.25) is 10.4 Å². The van der Waals surface area contributed by atoms with Crippen LogP contribution in [-0.2, 0) is 4.57 Å². The molecule has 0 saturated heterocycles. The van der Waals surface area contributed by atoms with E-state index in [1.165, 1.54) is 7.05 Å². The van der Waals surface area contributed by atoms with E-state index in [2.05, 4.69) is 0 Å². The van der Waals surface area contributed by atoms with Crippen LogP contribution in [0.3, 0.4) is 0 Å². The van der Waals surface area contributed by atoms with Crippen LogP contribution < -0.4 is 5.84 Å². The number of hydrazine groups is 1. The summed E-state index contributed by atoms with van der Waals surface area (Å²) in [5.41, 5.74) is 0. The van der Waals surface area contributed by atoms with E-state index in [1.54, 1.807) is 0 Å². The molecule has 0 spiro atoms. The van der Waals surface area contributed by atoms with Crippen LogP contribution in [0.1, 0.15) is 0 Å².